The van der Waals surface area contributed by atoms with Gasteiger partial charge in [-0.05, 0) is 22.6 Å². The minimum absolute atomic E-state index is 0.333. The highest BCUT2D eigenvalue weighted by Crippen LogP contribution is 1.89. The van der Waals surface area contributed by atoms with Crippen molar-refractivity contribution in [3.63, 3.8) is 0 Å². The number of aldehydes is 1. The molecule has 0 spiro atoms. The maximum atomic E-state index is 10.6. The van der Waals surface area contributed by atoms with Crippen LogP contribution in [0.25, 0.3) is 12.2 Å². The largest absolute Gasteiger partial charge is 0.301 e. The van der Waals surface area contributed by atoms with Crippen LogP contribution in [0.5, 0.6) is 0 Å². The summed E-state index contributed by atoms with van der Waals surface area (Å²) in [5.74, 6) is 0. The standard InChI is InChI=1S/C11H9NO/c13-8-11-7-10-4-2-1-3-9(10)5-6-12-11/h1-8,11H. The van der Waals surface area contributed by atoms with Crippen molar-refractivity contribution in [1.82, 2.24) is 0 Å². The van der Waals surface area contributed by atoms with Crippen LogP contribution >= 0.6 is 0 Å². The Labute approximate surface area is 75.9 Å². The van der Waals surface area contributed by atoms with Crippen LogP contribution in [0.4, 0.5) is 0 Å². The van der Waals surface area contributed by atoms with Crippen LogP contribution in [0.15, 0.2) is 29.3 Å². The fourth-order valence-corrected chi connectivity index (χ4v) is 1.34. The molecule has 2 nitrogen and oxygen atoms in total. The normalized spacial score (nSPS) is 19.2. The predicted molar refractivity (Wildman–Crippen MR) is 53.0 cm³/mol. The molecular weight excluding hydrogens is 162 g/mol. The zero-order chi connectivity index (χ0) is 9.10. The van der Waals surface area contributed by atoms with Crippen LogP contribution in [0.3, 0.4) is 0 Å². The number of rotatable bonds is 1. The summed E-state index contributed by atoms with van der Waals surface area (Å²) in [6, 6.07) is 7.58. The van der Waals surface area contributed by atoms with Gasteiger partial charge in [-0.15, -0.1) is 0 Å². The van der Waals surface area contributed by atoms with E-state index in [9.17, 15) is 4.79 Å². The van der Waals surface area contributed by atoms with E-state index in [0.717, 1.165) is 16.7 Å². The van der Waals surface area contributed by atoms with Gasteiger partial charge in [-0.25, -0.2) is 0 Å². The zero-order valence-corrected chi connectivity index (χ0v) is 7.05. The van der Waals surface area contributed by atoms with Crippen molar-refractivity contribution < 1.29 is 4.79 Å². The molecule has 1 aliphatic heterocycles. The second-order valence-electron chi connectivity index (χ2n) is 2.89. The lowest BCUT2D eigenvalue weighted by Gasteiger charge is -1.92. The van der Waals surface area contributed by atoms with Gasteiger partial charge >= 0.3 is 0 Å². The molecule has 1 aliphatic rings. The predicted octanol–water partition coefficient (Wildman–Crippen LogP) is -0.100. The molecule has 0 aromatic heterocycles. The molecular formula is C11H9NO. The molecule has 1 aromatic rings. The Hall–Kier alpha value is -1.70. The minimum Gasteiger partial charge on any atom is -0.301 e. The molecule has 2 rings (SSSR count). The van der Waals surface area contributed by atoms with E-state index in [1.165, 1.54) is 0 Å². The highest BCUT2D eigenvalue weighted by atomic mass is 16.1. The summed E-state index contributed by atoms with van der Waals surface area (Å²) in [6.07, 6.45) is 6.30. The van der Waals surface area contributed by atoms with E-state index in [4.69, 9.17) is 0 Å². The summed E-state index contributed by atoms with van der Waals surface area (Å²) in [6.45, 7) is 0. The highest BCUT2D eigenvalue weighted by molar-refractivity contribution is 5.93. The number of nitrogens with zero attached hydrogens (tertiary/aromatic N) is 1. The van der Waals surface area contributed by atoms with Crippen molar-refractivity contribution in [2.45, 2.75) is 6.04 Å². The molecule has 1 atom stereocenters. The van der Waals surface area contributed by atoms with Crippen LogP contribution in [0.1, 0.15) is 0 Å². The fourth-order valence-electron chi connectivity index (χ4n) is 1.34. The molecule has 64 valence electrons. The molecule has 0 N–H and O–H groups in total. The van der Waals surface area contributed by atoms with Crippen LogP contribution in [-0.2, 0) is 4.79 Å². The lowest BCUT2D eigenvalue weighted by Crippen LogP contribution is -2.24. The number of hydrogen-bond donors (Lipinski definition) is 0. The SMILES string of the molecule is O=CC1C=c2ccccc2=CC=N1. The van der Waals surface area contributed by atoms with Gasteiger partial charge in [0.15, 0.2) is 0 Å². The Bertz CT molecular complexity index is 459. The number of aliphatic imine (C=N–C) groups is 1. The first-order valence-electron chi connectivity index (χ1n) is 4.16. The van der Waals surface area contributed by atoms with E-state index in [-0.39, 0.29) is 6.04 Å². The molecule has 0 saturated carbocycles. The molecule has 0 saturated heterocycles. The molecule has 13 heavy (non-hydrogen) atoms. The summed E-state index contributed by atoms with van der Waals surface area (Å²) < 4.78 is 0. The van der Waals surface area contributed by atoms with E-state index >= 15 is 0 Å². The first-order chi connectivity index (χ1) is 6.40. The molecule has 0 fully saturated rings. The van der Waals surface area contributed by atoms with E-state index in [0.29, 0.717) is 0 Å². The Morgan fingerprint density at radius 3 is 2.77 bits per heavy atom. The van der Waals surface area contributed by atoms with Gasteiger partial charge < -0.3 is 4.79 Å². The maximum absolute atomic E-state index is 10.6. The minimum atomic E-state index is -0.333. The molecule has 0 radical (unpaired) electrons. The maximum Gasteiger partial charge on any atom is 0.148 e. The van der Waals surface area contributed by atoms with Crippen molar-refractivity contribution in [2.75, 3.05) is 0 Å². The van der Waals surface area contributed by atoms with Gasteiger partial charge in [0, 0.05) is 6.21 Å². The number of hydrogen-bond acceptors (Lipinski definition) is 2. The van der Waals surface area contributed by atoms with Gasteiger partial charge in [0.1, 0.15) is 12.3 Å². The molecule has 0 bridgehead atoms. The lowest BCUT2D eigenvalue weighted by molar-refractivity contribution is -0.107. The van der Waals surface area contributed by atoms with Crippen molar-refractivity contribution in [2.24, 2.45) is 4.99 Å². The Morgan fingerprint density at radius 2 is 2.00 bits per heavy atom. The van der Waals surface area contributed by atoms with Crippen molar-refractivity contribution in [3.8, 4) is 0 Å². The Morgan fingerprint density at radius 1 is 1.23 bits per heavy atom. The average molecular weight is 171 g/mol. The van der Waals surface area contributed by atoms with Gasteiger partial charge in [-0.3, -0.25) is 4.99 Å². The number of fused-ring (bicyclic) bond motifs is 1. The average Bonchev–Trinajstić information content (AvgIpc) is 2.38. The van der Waals surface area contributed by atoms with Gasteiger partial charge in [0.25, 0.3) is 0 Å². The van der Waals surface area contributed by atoms with Crippen LogP contribution < -0.4 is 10.4 Å². The van der Waals surface area contributed by atoms with E-state index in [1.807, 2.05) is 36.4 Å². The Kier molecular flexibility index (Phi) is 2.04. The van der Waals surface area contributed by atoms with Gasteiger partial charge in [-0.2, -0.15) is 0 Å². The lowest BCUT2D eigenvalue weighted by atomic mass is 10.2. The van der Waals surface area contributed by atoms with Gasteiger partial charge in [0.05, 0.1) is 0 Å². The van der Waals surface area contributed by atoms with Gasteiger partial charge in [-0.1, -0.05) is 24.3 Å². The van der Waals surface area contributed by atoms with Crippen LogP contribution in [0.2, 0.25) is 0 Å². The number of carbonyl (C=O) groups is 1. The van der Waals surface area contributed by atoms with Crippen molar-refractivity contribution in [1.29, 1.82) is 0 Å². The third kappa shape index (κ3) is 1.56. The van der Waals surface area contributed by atoms with Gasteiger partial charge in [0.2, 0.25) is 0 Å². The van der Waals surface area contributed by atoms with Crippen LogP contribution in [0, 0.1) is 0 Å². The van der Waals surface area contributed by atoms with Crippen molar-refractivity contribution in [3.05, 3.63) is 34.7 Å². The summed E-state index contributed by atoms with van der Waals surface area (Å²) in [5, 5.41) is 2.17. The second-order valence-corrected chi connectivity index (χ2v) is 2.89. The monoisotopic (exact) mass is 171 g/mol. The van der Waals surface area contributed by atoms with E-state index in [2.05, 4.69) is 4.99 Å². The smallest absolute Gasteiger partial charge is 0.148 e. The molecule has 1 aromatic carbocycles. The number of carbonyl (C=O) groups excluding carboxylic acids is 1. The topological polar surface area (TPSA) is 29.4 Å². The fraction of sp³-hybridized carbons (Fsp3) is 0.0909. The van der Waals surface area contributed by atoms with E-state index < -0.39 is 0 Å². The zero-order valence-electron chi connectivity index (χ0n) is 7.05. The first-order valence-corrected chi connectivity index (χ1v) is 4.16. The quantitative estimate of drug-likeness (QED) is 0.542. The summed E-state index contributed by atoms with van der Waals surface area (Å²) >= 11 is 0. The summed E-state index contributed by atoms with van der Waals surface area (Å²) in [4.78, 5) is 14.6. The first kappa shape index (κ1) is 7.92. The molecule has 2 heteroatoms. The highest BCUT2D eigenvalue weighted by Gasteiger charge is 1.99. The summed E-state index contributed by atoms with van der Waals surface area (Å²) in [5.41, 5.74) is 0. The number of benzene rings is 1. The summed E-state index contributed by atoms with van der Waals surface area (Å²) in [7, 11) is 0. The third-order valence-corrected chi connectivity index (χ3v) is 2.00. The third-order valence-electron chi connectivity index (χ3n) is 2.00. The molecule has 1 heterocycles. The van der Waals surface area contributed by atoms with Crippen LogP contribution in [-0.4, -0.2) is 18.5 Å². The second kappa shape index (κ2) is 3.35. The molecule has 1 unspecified atom stereocenters. The molecule has 0 aliphatic carbocycles. The Balaban J connectivity index is 2.69. The van der Waals surface area contributed by atoms with E-state index in [1.54, 1.807) is 6.21 Å². The van der Waals surface area contributed by atoms with Crippen molar-refractivity contribution >= 4 is 24.7 Å². The molecule has 0 amide bonds.